The minimum Gasteiger partial charge on any atom is -0.497 e. The van der Waals surface area contributed by atoms with Gasteiger partial charge >= 0.3 is 6.18 Å². The molecule has 0 saturated heterocycles. The SMILES string of the molecule is C=C1CC=CC2=C(C1)C(NC(=O)c1ccc(C(F)(F)F)[nH]c1=O)c1ccc(OC)cc1O2. The molecule has 1 aromatic heterocycles. The number of alkyl halides is 3. The molecule has 1 unspecified atom stereocenters. The number of ether oxygens (including phenoxy) is 2. The molecule has 0 fully saturated rings. The van der Waals surface area contributed by atoms with Gasteiger partial charge in [0.05, 0.1) is 13.2 Å². The maximum atomic E-state index is 12.9. The van der Waals surface area contributed by atoms with Crippen LogP contribution in [0.15, 0.2) is 70.8 Å². The average molecular weight is 444 g/mol. The number of hydrogen-bond donors (Lipinski definition) is 2. The van der Waals surface area contributed by atoms with Gasteiger partial charge < -0.3 is 19.8 Å². The second-order valence-electron chi connectivity index (χ2n) is 7.45. The van der Waals surface area contributed by atoms with E-state index < -0.39 is 34.9 Å². The van der Waals surface area contributed by atoms with Crippen LogP contribution in [-0.2, 0) is 6.18 Å². The van der Waals surface area contributed by atoms with E-state index in [0.29, 0.717) is 41.7 Å². The van der Waals surface area contributed by atoms with Crippen LogP contribution in [0.25, 0.3) is 0 Å². The summed E-state index contributed by atoms with van der Waals surface area (Å²) in [5.74, 6) is 0.751. The first kappa shape index (κ1) is 21.5. The van der Waals surface area contributed by atoms with Gasteiger partial charge in [-0.1, -0.05) is 18.2 Å². The molecule has 2 aliphatic rings. The van der Waals surface area contributed by atoms with Gasteiger partial charge in [0, 0.05) is 17.2 Å². The number of hydrogen-bond acceptors (Lipinski definition) is 4. The maximum Gasteiger partial charge on any atom is 0.431 e. The Morgan fingerprint density at radius 3 is 2.75 bits per heavy atom. The first-order valence-electron chi connectivity index (χ1n) is 9.71. The largest absolute Gasteiger partial charge is 0.497 e. The fourth-order valence-electron chi connectivity index (χ4n) is 3.68. The van der Waals surface area contributed by atoms with Gasteiger partial charge in [0.15, 0.2) is 0 Å². The molecule has 2 heterocycles. The number of fused-ring (bicyclic) bond motifs is 1. The second-order valence-corrected chi connectivity index (χ2v) is 7.45. The summed E-state index contributed by atoms with van der Waals surface area (Å²) >= 11 is 0. The highest BCUT2D eigenvalue weighted by molar-refractivity contribution is 5.94. The number of carbonyl (C=O) groups excluding carboxylic acids is 1. The molecular weight excluding hydrogens is 425 g/mol. The number of aromatic nitrogens is 1. The third kappa shape index (κ3) is 4.05. The quantitative estimate of drug-likeness (QED) is 0.687. The van der Waals surface area contributed by atoms with E-state index in [9.17, 15) is 22.8 Å². The molecule has 1 aliphatic carbocycles. The predicted molar refractivity (Wildman–Crippen MR) is 110 cm³/mol. The standard InChI is InChI=1S/C23H19F3N2O4/c1-12-4-3-5-17-16(10-12)20(14-7-6-13(31-2)11-18(14)32-17)28-22(30)15-8-9-19(23(24,25)26)27-21(15)29/h3,5-9,11,20H,1,4,10H2,2H3,(H,27,29)(H,28,30). The monoisotopic (exact) mass is 444 g/mol. The van der Waals surface area contributed by atoms with Gasteiger partial charge in [-0.2, -0.15) is 13.2 Å². The Kier molecular flexibility index (Phi) is 5.41. The molecule has 1 amide bonds. The number of aromatic amines is 1. The lowest BCUT2D eigenvalue weighted by molar-refractivity contribution is -0.141. The summed E-state index contributed by atoms with van der Waals surface area (Å²) < 4.78 is 49.8. The van der Waals surface area contributed by atoms with Crippen molar-refractivity contribution in [3.63, 3.8) is 0 Å². The molecule has 0 bridgehead atoms. The summed E-state index contributed by atoms with van der Waals surface area (Å²) in [5.41, 5.74) is -0.512. The van der Waals surface area contributed by atoms with E-state index in [1.165, 1.54) is 7.11 Å². The minimum absolute atomic E-state index is 0.426. The van der Waals surface area contributed by atoms with Gasteiger partial charge in [-0.05, 0) is 43.2 Å². The zero-order valence-corrected chi connectivity index (χ0v) is 17.0. The van der Waals surface area contributed by atoms with Crippen molar-refractivity contribution in [2.75, 3.05) is 7.11 Å². The van der Waals surface area contributed by atoms with Crippen molar-refractivity contribution in [2.45, 2.75) is 25.1 Å². The van der Waals surface area contributed by atoms with Gasteiger partial charge in [0.25, 0.3) is 11.5 Å². The van der Waals surface area contributed by atoms with Gasteiger partial charge in [-0.25, -0.2) is 0 Å². The summed E-state index contributed by atoms with van der Waals surface area (Å²) in [4.78, 5) is 26.8. The Hall–Kier alpha value is -3.75. The highest BCUT2D eigenvalue weighted by Crippen LogP contribution is 2.43. The van der Waals surface area contributed by atoms with Gasteiger partial charge in [0.1, 0.15) is 28.5 Å². The van der Waals surface area contributed by atoms with Crippen LogP contribution >= 0.6 is 0 Å². The van der Waals surface area contributed by atoms with Crippen molar-refractivity contribution >= 4 is 5.91 Å². The zero-order valence-electron chi connectivity index (χ0n) is 17.0. The Labute approximate surface area is 181 Å². The van der Waals surface area contributed by atoms with E-state index in [1.807, 2.05) is 6.08 Å². The number of pyridine rings is 1. The van der Waals surface area contributed by atoms with Gasteiger partial charge in [-0.3, -0.25) is 9.59 Å². The number of nitrogens with one attached hydrogen (secondary N) is 2. The van der Waals surface area contributed by atoms with Crippen LogP contribution in [0.4, 0.5) is 13.2 Å². The average Bonchev–Trinajstić information content (AvgIpc) is 2.93. The first-order valence-corrected chi connectivity index (χ1v) is 9.71. The van der Waals surface area contributed by atoms with E-state index >= 15 is 0 Å². The zero-order chi connectivity index (χ0) is 23.0. The fourth-order valence-corrected chi connectivity index (χ4v) is 3.68. The molecule has 0 saturated carbocycles. The highest BCUT2D eigenvalue weighted by Gasteiger charge is 2.34. The van der Waals surface area contributed by atoms with E-state index in [0.717, 1.165) is 17.2 Å². The predicted octanol–water partition coefficient (Wildman–Crippen LogP) is 4.43. The summed E-state index contributed by atoms with van der Waals surface area (Å²) in [6, 6.07) is 5.98. The highest BCUT2D eigenvalue weighted by atomic mass is 19.4. The van der Waals surface area contributed by atoms with Crippen molar-refractivity contribution < 1.29 is 27.4 Å². The fraction of sp³-hybridized carbons (Fsp3) is 0.217. The van der Waals surface area contributed by atoms with E-state index in [4.69, 9.17) is 9.47 Å². The number of methoxy groups -OCH3 is 1. The molecule has 32 heavy (non-hydrogen) atoms. The smallest absolute Gasteiger partial charge is 0.431 e. The third-order valence-corrected chi connectivity index (χ3v) is 5.27. The molecule has 4 rings (SSSR count). The van der Waals surface area contributed by atoms with Crippen LogP contribution in [0.1, 0.15) is 40.5 Å². The molecular formula is C23H19F3N2O4. The molecule has 0 radical (unpaired) electrons. The van der Waals surface area contributed by atoms with Gasteiger partial charge in [-0.15, -0.1) is 0 Å². The molecule has 2 N–H and O–H groups in total. The summed E-state index contributed by atoms with van der Waals surface area (Å²) in [7, 11) is 1.51. The van der Waals surface area contributed by atoms with E-state index in [2.05, 4.69) is 11.9 Å². The number of benzene rings is 1. The van der Waals surface area contributed by atoms with Crippen LogP contribution < -0.4 is 20.3 Å². The first-order chi connectivity index (χ1) is 15.2. The topological polar surface area (TPSA) is 80.4 Å². The summed E-state index contributed by atoms with van der Waals surface area (Å²) in [5, 5.41) is 2.78. The lowest BCUT2D eigenvalue weighted by Gasteiger charge is -2.30. The number of allylic oxidation sites excluding steroid dienone is 3. The second kappa shape index (κ2) is 8.07. The van der Waals surface area contributed by atoms with Gasteiger partial charge in [0.2, 0.25) is 0 Å². The lowest BCUT2D eigenvalue weighted by atomic mass is 9.90. The lowest BCUT2D eigenvalue weighted by Crippen LogP contribution is -2.36. The molecule has 0 spiro atoms. The van der Waals surface area contributed by atoms with E-state index in [-0.39, 0.29) is 0 Å². The van der Waals surface area contributed by atoms with Crippen molar-refractivity contribution in [1.29, 1.82) is 0 Å². The minimum atomic E-state index is -4.72. The summed E-state index contributed by atoms with van der Waals surface area (Å²) in [6.07, 6.45) is 0.0479. The third-order valence-electron chi connectivity index (χ3n) is 5.27. The number of rotatable bonds is 3. The summed E-state index contributed by atoms with van der Waals surface area (Å²) in [6.45, 7) is 4.03. The molecule has 1 aliphatic heterocycles. The van der Waals surface area contributed by atoms with Crippen molar-refractivity contribution in [2.24, 2.45) is 0 Å². The molecule has 1 atom stereocenters. The Morgan fingerprint density at radius 1 is 1.28 bits per heavy atom. The van der Waals surface area contributed by atoms with Crippen LogP contribution in [0.2, 0.25) is 0 Å². The number of amides is 1. The number of halogens is 3. The van der Waals surface area contributed by atoms with Crippen LogP contribution in [0, 0.1) is 0 Å². The number of carbonyl (C=O) groups is 1. The molecule has 9 heteroatoms. The van der Waals surface area contributed by atoms with Crippen LogP contribution in [0.3, 0.4) is 0 Å². The van der Waals surface area contributed by atoms with Crippen LogP contribution in [0.5, 0.6) is 11.5 Å². The van der Waals surface area contributed by atoms with Crippen molar-refractivity contribution in [1.82, 2.24) is 10.3 Å². The van der Waals surface area contributed by atoms with Crippen molar-refractivity contribution in [3.05, 3.63) is 93.1 Å². The maximum absolute atomic E-state index is 12.9. The van der Waals surface area contributed by atoms with Crippen LogP contribution in [-0.4, -0.2) is 18.0 Å². The van der Waals surface area contributed by atoms with E-state index in [1.54, 1.807) is 29.3 Å². The Bertz CT molecular complexity index is 1220. The molecule has 2 aromatic rings. The molecule has 6 nitrogen and oxygen atoms in total. The normalized spacial score (nSPS) is 17.8. The Balaban J connectivity index is 1.73. The molecule has 166 valence electrons. The Morgan fingerprint density at radius 2 is 2.06 bits per heavy atom. The number of H-pyrrole nitrogens is 1. The molecule has 1 aromatic carbocycles. The van der Waals surface area contributed by atoms with Crippen molar-refractivity contribution in [3.8, 4) is 11.5 Å².